The first-order valence-electron chi connectivity index (χ1n) is 15.9. The number of carbonyl (C=O) groups is 2. The summed E-state index contributed by atoms with van der Waals surface area (Å²) < 4.78 is 0. The van der Waals surface area contributed by atoms with Crippen LogP contribution in [-0.4, -0.2) is 17.5 Å². The highest BCUT2D eigenvalue weighted by Gasteiger charge is 2.85. The van der Waals surface area contributed by atoms with Gasteiger partial charge >= 0.3 is 0 Å². The number of anilines is 1. The number of rotatable bonds is 6. The fraction of sp³-hybridized carbons (Fsp3) is 0.171. The van der Waals surface area contributed by atoms with E-state index in [0.29, 0.717) is 5.69 Å². The third-order valence-electron chi connectivity index (χ3n) is 10.6. The molecule has 226 valence electrons. The molecule has 0 spiro atoms. The molecule has 3 nitrogen and oxygen atoms in total. The van der Waals surface area contributed by atoms with Gasteiger partial charge < -0.3 is 0 Å². The molecule has 5 aromatic rings. The van der Waals surface area contributed by atoms with Crippen LogP contribution in [0.4, 0.5) is 5.69 Å². The van der Waals surface area contributed by atoms with Crippen molar-refractivity contribution in [3.05, 3.63) is 174 Å². The fourth-order valence-electron chi connectivity index (χ4n) is 9.23. The number of hydrogen-bond acceptors (Lipinski definition) is 3. The number of para-hydroxylation sites is 1. The Morgan fingerprint density at radius 1 is 0.543 bits per heavy atom. The molecular weight excluding hydrogens is 601 g/mol. The molecule has 46 heavy (non-hydrogen) atoms. The van der Waals surface area contributed by atoms with Gasteiger partial charge in [0.2, 0.25) is 11.8 Å². The van der Waals surface area contributed by atoms with Gasteiger partial charge in [-0.2, -0.15) is 0 Å². The molecule has 2 bridgehead atoms. The first kappa shape index (κ1) is 29.1. The van der Waals surface area contributed by atoms with E-state index in [4.69, 9.17) is 11.8 Å². The minimum atomic E-state index is -2.84. The average Bonchev–Trinajstić information content (AvgIpc) is 3.60. The van der Waals surface area contributed by atoms with Crippen LogP contribution in [0.3, 0.4) is 0 Å². The van der Waals surface area contributed by atoms with Gasteiger partial charge in [0.15, 0.2) is 0 Å². The second-order valence-electron chi connectivity index (χ2n) is 12.8. The summed E-state index contributed by atoms with van der Waals surface area (Å²) in [5, 5.41) is -1.80. The first-order valence-corrected chi connectivity index (χ1v) is 18.8. The van der Waals surface area contributed by atoms with Crippen molar-refractivity contribution in [3.8, 4) is 0 Å². The van der Waals surface area contributed by atoms with Crippen molar-refractivity contribution < 1.29 is 9.59 Å². The highest BCUT2D eigenvalue weighted by molar-refractivity contribution is 8.16. The van der Waals surface area contributed by atoms with Crippen LogP contribution in [0.15, 0.2) is 152 Å². The van der Waals surface area contributed by atoms with Crippen LogP contribution in [0, 0.1) is 11.8 Å². The molecule has 0 radical (unpaired) electrons. The maximum atomic E-state index is 15.3. The Kier molecular flexibility index (Phi) is 6.69. The lowest BCUT2D eigenvalue weighted by Gasteiger charge is -2.47. The van der Waals surface area contributed by atoms with Crippen molar-refractivity contribution in [1.82, 2.24) is 0 Å². The summed E-state index contributed by atoms with van der Waals surface area (Å²) in [6.07, 6.45) is 0. The number of hydrogen-bond donors (Lipinski definition) is 0. The standard InChI is InChI=1S/C41H34NO2PS/c1-28(2)45(46)40(31-22-12-5-13-23-31)34(29-18-8-3-9-19-29)35(30-20-10-4-11-21-30)41(45,32-24-14-6-15-25-32)37-36(40)38(43)42(39(37)44)33-26-16-7-17-27-33/h3-28,36-37H,1-2H3. The number of amides is 2. The summed E-state index contributed by atoms with van der Waals surface area (Å²) in [7, 11) is 0. The smallest absolute Gasteiger partial charge is 0.239 e. The van der Waals surface area contributed by atoms with Gasteiger partial charge in [-0.3, -0.25) is 9.59 Å². The van der Waals surface area contributed by atoms with E-state index in [1.165, 1.54) is 4.90 Å². The molecule has 2 amide bonds. The van der Waals surface area contributed by atoms with Crippen molar-refractivity contribution in [1.29, 1.82) is 0 Å². The first-order chi connectivity index (χ1) is 22.4. The van der Waals surface area contributed by atoms with E-state index < -0.39 is 28.2 Å². The van der Waals surface area contributed by atoms with E-state index in [9.17, 15) is 0 Å². The third kappa shape index (κ3) is 3.41. The SMILES string of the molecule is CC(C)P1(=S)C2(c3ccccc3)C(c3ccccc3)=C(c3ccccc3)C1(c1ccccc1)C1C(=O)N(c3ccccc3)C(=O)C12. The monoisotopic (exact) mass is 635 g/mol. The Labute approximate surface area is 275 Å². The van der Waals surface area contributed by atoms with Crippen molar-refractivity contribution in [2.75, 3.05) is 4.90 Å². The lowest BCUT2D eigenvalue weighted by atomic mass is 9.59. The highest BCUT2D eigenvalue weighted by Crippen LogP contribution is 2.97. The highest BCUT2D eigenvalue weighted by atomic mass is 32.4. The Balaban J connectivity index is 1.64. The van der Waals surface area contributed by atoms with Gasteiger partial charge in [-0.25, -0.2) is 4.90 Å². The third-order valence-corrected chi connectivity index (χ3v) is 18.6. The zero-order chi connectivity index (χ0) is 31.7. The maximum absolute atomic E-state index is 15.3. The molecule has 5 heteroatoms. The van der Waals surface area contributed by atoms with E-state index in [0.717, 1.165) is 33.4 Å². The molecule has 2 fully saturated rings. The quantitative estimate of drug-likeness (QED) is 0.138. The molecule has 4 unspecified atom stereocenters. The van der Waals surface area contributed by atoms with Crippen molar-refractivity contribution in [2.45, 2.75) is 29.8 Å². The number of nitrogens with zero attached hydrogens (tertiary/aromatic N) is 1. The normalized spacial score (nSPS) is 28.3. The summed E-state index contributed by atoms with van der Waals surface area (Å²) in [6.45, 7) is 4.47. The number of imide groups is 1. The Bertz CT molecular complexity index is 1920. The van der Waals surface area contributed by atoms with E-state index >= 15 is 9.59 Å². The molecule has 4 atom stereocenters. The predicted molar refractivity (Wildman–Crippen MR) is 191 cm³/mol. The van der Waals surface area contributed by atoms with Crippen molar-refractivity contribution >= 4 is 46.5 Å². The molecular formula is C41H34NO2PS. The van der Waals surface area contributed by atoms with Crippen LogP contribution >= 0.6 is 6.04 Å². The minimum Gasteiger partial charge on any atom is -0.274 e. The molecule has 5 aromatic carbocycles. The van der Waals surface area contributed by atoms with Crippen molar-refractivity contribution in [2.24, 2.45) is 11.8 Å². The summed E-state index contributed by atoms with van der Waals surface area (Å²) in [6, 6.07) is 48.4. The van der Waals surface area contributed by atoms with Gasteiger partial charge in [0, 0.05) is 0 Å². The van der Waals surface area contributed by atoms with Crippen LogP contribution in [-0.2, 0) is 31.7 Å². The van der Waals surface area contributed by atoms with E-state index in [1.807, 2.05) is 54.6 Å². The van der Waals surface area contributed by atoms with Gasteiger partial charge in [0.25, 0.3) is 0 Å². The predicted octanol–water partition coefficient (Wildman–Crippen LogP) is 9.11. The number of carbonyl (C=O) groups excluding carboxylic acids is 2. The van der Waals surface area contributed by atoms with Gasteiger partial charge in [0.05, 0.1) is 27.8 Å². The molecule has 0 N–H and O–H groups in total. The zero-order valence-corrected chi connectivity index (χ0v) is 27.5. The second kappa shape index (κ2) is 10.6. The Hall–Kier alpha value is -4.37. The van der Waals surface area contributed by atoms with Crippen LogP contribution in [0.1, 0.15) is 36.1 Å². The zero-order valence-electron chi connectivity index (χ0n) is 25.8. The molecule has 2 saturated heterocycles. The summed E-state index contributed by atoms with van der Waals surface area (Å²) in [5.41, 5.74) is 6.98. The Morgan fingerprint density at radius 2 is 0.870 bits per heavy atom. The molecule has 0 aliphatic carbocycles. The number of allylic oxidation sites excluding steroid dienone is 2. The van der Waals surface area contributed by atoms with Gasteiger partial charge in [-0.1, -0.05) is 165 Å². The van der Waals surface area contributed by atoms with Crippen LogP contribution < -0.4 is 4.90 Å². The Morgan fingerprint density at radius 3 is 1.22 bits per heavy atom. The molecule has 8 rings (SSSR count). The second-order valence-corrected chi connectivity index (χ2v) is 18.3. The maximum Gasteiger partial charge on any atom is 0.239 e. The molecule has 0 aromatic heterocycles. The van der Waals surface area contributed by atoms with E-state index in [-0.39, 0.29) is 17.5 Å². The van der Waals surface area contributed by atoms with Crippen LogP contribution in [0.5, 0.6) is 0 Å². The molecule has 3 heterocycles. The van der Waals surface area contributed by atoms with E-state index in [1.54, 1.807) is 0 Å². The summed E-state index contributed by atoms with van der Waals surface area (Å²) in [4.78, 5) is 32.1. The largest absolute Gasteiger partial charge is 0.274 e. The fourth-order valence-corrected chi connectivity index (χ4v) is 16.8. The average molecular weight is 636 g/mol. The number of benzene rings is 5. The van der Waals surface area contributed by atoms with Gasteiger partial charge in [0.1, 0.15) is 0 Å². The topological polar surface area (TPSA) is 37.4 Å². The van der Waals surface area contributed by atoms with Crippen LogP contribution in [0.25, 0.3) is 11.1 Å². The van der Waals surface area contributed by atoms with Gasteiger partial charge in [-0.05, 0) is 57.2 Å². The molecule has 0 saturated carbocycles. The summed E-state index contributed by atoms with van der Waals surface area (Å²) in [5.74, 6) is -1.64. The molecule has 3 aliphatic rings. The van der Waals surface area contributed by atoms with Gasteiger partial charge in [-0.15, -0.1) is 0 Å². The van der Waals surface area contributed by atoms with Crippen LogP contribution in [0.2, 0.25) is 0 Å². The van der Waals surface area contributed by atoms with Crippen molar-refractivity contribution in [3.63, 3.8) is 0 Å². The lowest BCUT2D eigenvalue weighted by Crippen LogP contribution is -2.41. The summed E-state index contributed by atoms with van der Waals surface area (Å²) >= 11 is 7.40. The lowest BCUT2D eigenvalue weighted by molar-refractivity contribution is -0.122. The van der Waals surface area contributed by atoms with E-state index in [2.05, 4.69) is 111 Å². The minimum absolute atomic E-state index is 0.0132. The number of fused-ring (bicyclic) bond motifs is 5. The molecule has 3 aliphatic heterocycles.